The van der Waals surface area contributed by atoms with Crippen LogP contribution in [0, 0.1) is 0 Å². The van der Waals surface area contributed by atoms with Crippen molar-refractivity contribution in [2.45, 2.75) is 32.1 Å². The van der Waals surface area contributed by atoms with Crippen molar-refractivity contribution >= 4 is 17.6 Å². The summed E-state index contributed by atoms with van der Waals surface area (Å²) in [6, 6.07) is 7.25. The highest BCUT2D eigenvalue weighted by Crippen LogP contribution is 2.13. The van der Waals surface area contributed by atoms with Crippen LogP contribution in [-0.2, 0) is 11.2 Å². The first kappa shape index (κ1) is 17.3. The van der Waals surface area contributed by atoms with Crippen LogP contribution in [-0.4, -0.2) is 48.2 Å². The summed E-state index contributed by atoms with van der Waals surface area (Å²) >= 11 is 0. The molecule has 1 aliphatic rings. The number of carbonyl (C=O) groups is 2. The fourth-order valence-corrected chi connectivity index (χ4v) is 2.59. The second-order valence-corrected chi connectivity index (χ2v) is 5.74. The van der Waals surface area contributed by atoms with Crippen LogP contribution in [0.25, 0.3) is 0 Å². The lowest BCUT2D eigenvalue weighted by Crippen LogP contribution is -2.29. The van der Waals surface area contributed by atoms with Gasteiger partial charge in [0.1, 0.15) is 0 Å². The van der Waals surface area contributed by atoms with Gasteiger partial charge >= 0.3 is 6.03 Å². The third kappa shape index (κ3) is 5.90. The van der Waals surface area contributed by atoms with E-state index in [-0.39, 0.29) is 18.5 Å². The maximum Gasteiger partial charge on any atom is 0.319 e. The number of benzene rings is 1. The van der Waals surface area contributed by atoms with Crippen LogP contribution >= 0.6 is 0 Å². The Kier molecular flexibility index (Phi) is 6.87. The number of nitrogens with zero attached hydrogens (tertiary/aromatic N) is 1. The van der Waals surface area contributed by atoms with Crippen LogP contribution in [0.5, 0.6) is 0 Å². The largest absolute Gasteiger partial charge is 0.396 e. The monoisotopic (exact) mass is 319 g/mol. The van der Waals surface area contributed by atoms with Crippen molar-refractivity contribution in [3.05, 3.63) is 29.8 Å². The molecule has 0 aliphatic carbocycles. The summed E-state index contributed by atoms with van der Waals surface area (Å²) in [6.45, 7) is 2.30. The number of carbonyl (C=O) groups excluding carboxylic acids is 2. The molecule has 0 saturated carbocycles. The third-order valence-electron chi connectivity index (χ3n) is 3.92. The lowest BCUT2D eigenvalue weighted by atomic mass is 10.1. The molecule has 2 rings (SSSR count). The SMILES string of the molecule is O=C(NCCCO)Nc1ccc(CCC(=O)N2CCCC2)cc1. The second-order valence-electron chi connectivity index (χ2n) is 5.74. The molecule has 23 heavy (non-hydrogen) atoms. The Bertz CT molecular complexity index is 510. The summed E-state index contributed by atoms with van der Waals surface area (Å²) in [5.74, 6) is 0.230. The molecule has 1 aromatic carbocycles. The van der Waals surface area contributed by atoms with E-state index >= 15 is 0 Å². The van der Waals surface area contributed by atoms with Gasteiger partial charge in [-0.15, -0.1) is 0 Å². The minimum atomic E-state index is -0.282. The van der Waals surface area contributed by atoms with Crippen LogP contribution in [0.4, 0.5) is 10.5 Å². The Morgan fingerprint density at radius 2 is 1.83 bits per heavy atom. The first-order valence-electron chi connectivity index (χ1n) is 8.21. The summed E-state index contributed by atoms with van der Waals surface area (Å²) in [5, 5.41) is 14.0. The fraction of sp³-hybridized carbons (Fsp3) is 0.529. The number of nitrogens with one attached hydrogen (secondary N) is 2. The standard InChI is InChI=1S/C17H25N3O3/c21-13-3-10-18-17(23)19-15-7-4-14(5-8-15)6-9-16(22)20-11-1-2-12-20/h4-5,7-8,21H,1-3,6,9-13H2,(H2,18,19,23). The number of urea groups is 1. The molecule has 3 amide bonds. The quantitative estimate of drug-likeness (QED) is 0.670. The van der Waals surface area contributed by atoms with E-state index in [4.69, 9.17) is 5.11 Å². The first-order chi connectivity index (χ1) is 11.2. The van der Waals surface area contributed by atoms with E-state index < -0.39 is 0 Å². The normalized spacial score (nSPS) is 13.9. The molecule has 1 aliphatic heterocycles. The summed E-state index contributed by atoms with van der Waals surface area (Å²) in [4.78, 5) is 25.5. The Morgan fingerprint density at radius 3 is 2.48 bits per heavy atom. The summed E-state index contributed by atoms with van der Waals surface area (Å²) in [6.07, 6.45) is 4.03. The Hall–Kier alpha value is -2.08. The van der Waals surface area contributed by atoms with Crippen molar-refractivity contribution < 1.29 is 14.7 Å². The van der Waals surface area contributed by atoms with Crippen LogP contribution in [0.2, 0.25) is 0 Å². The zero-order valence-electron chi connectivity index (χ0n) is 13.4. The van der Waals surface area contributed by atoms with Crippen molar-refractivity contribution in [2.24, 2.45) is 0 Å². The van der Waals surface area contributed by atoms with Gasteiger partial charge in [0.05, 0.1) is 0 Å². The topological polar surface area (TPSA) is 81.7 Å². The van der Waals surface area contributed by atoms with Crippen molar-refractivity contribution in [1.82, 2.24) is 10.2 Å². The smallest absolute Gasteiger partial charge is 0.319 e. The van der Waals surface area contributed by atoms with Gasteiger partial charge in [0, 0.05) is 38.3 Å². The van der Waals surface area contributed by atoms with E-state index in [0.717, 1.165) is 37.9 Å². The van der Waals surface area contributed by atoms with Crippen molar-refractivity contribution in [3.8, 4) is 0 Å². The molecule has 1 saturated heterocycles. The number of likely N-dealkylation sites (tertiary alicyclic amines) is 1. The van der Waals surface area contributed by atoms with Crippen LogP contribution < -0.4 is 10.6 Å². The van der Waals surface area contributed by atoms with Gasteiger partial charge in [-0.25, -0.2) is 4.79 Å². The molecule has 1 heterocycles. The molecule has 3 N–H and O–H groups in total. The van der Waals surface area contributed by atoms with E-state index in [0.29, 0.717) is 25.1 Å². The van der Waals surface area contributed by atoms with Gasteiger partial charge in [-0.05, 0) is 43.4 Å². The van der Waals surface area contributed by atoms with Crippen LogP contribution in [0.1, 0.15) is 31.2 Å². The molecular weight excluding hydrogens is 294 g/mol. The average molecular weight is 319 g/mol. The molecule has 6 heteroatoms. The zero-order chi connectivity index (χ0) is 16.5. The zero-order valence-corrected chi connectivity index (χ0v) is 13.4. The minimum absolute atomic E-state index is 0.0606. The number of aliphatic hydroxyl groups excluding tert-OH is 1. The summed E-state index contributed by atoms with van der Waals surface area (Å²) < 4.78 is 0. The van der Waals surface area contributed by atoms with Crippen LogP contribution in [0.15, 0.2) is 24.3 Å². The van der Waals surface area contributed by atoms with Crippen molar-refractivity contribution in [2.75, 3.05) is 31.6 Å². The Labute approximate surface area is 136 Å². The van der Waals surface area contributed by atoms with Crippen LogP contribution in [0.3, 0.4) is 0 Å². The van der Waals surface area contributed by atoms with Gasteiger partial charge in [0.25, 0.3) is 0 Å². The van der Waals surface area contributed by atoms with E-state index in [1.54, 1.807) is 0 Å². The number of hydrogen-bond acceptors (Lipinski definition) is 3. The highest BCUT2D eigenvalue weighted by molar-refractivity contribution is 5.89. The molecule has 0 bridgehead atoms. The Morgan fingerprint density at radius 1 is 1.13 bits per heavy atom. The number of amides is 3. The van der Waals surface area contributed by atoms with Gasteiger partial charge in [-0.2, -0.15) is 0 Å². The predicted octanol–water partition coefficient (Wildman–Crippen LogP) is 1.75. The number of aliphatic hydroxyl groups is 1. The van der Waals surface area contributed by atoms with Crippen molar-refractivity contribution in [3.63, 3.8) is 0 Å². The summed E-state index contributed by atoms with van der Waals surface area (Å²) in [5.41, 5.74) is 1.80. The molecule has 1 aromatic rings. The van der Waals surface area contributed by atoms with E-state index in [9.17, 15) is 9.59 Å². The molecule has 0 spiro atoms. The molecule has 126 valence electrons. The van der Waals surface area contributed by atoms with Gasteiger partial charge in [0.2, 0.25) is 5.91 Å². The maximum absolute atomic E-state index is 12.0. The van der Waals surface area contributed by atoms with Gasteiger partial charge in [0.15, 0.2) is 0 Å². The molecule has 0 radical (unpaired) electrons. The van der Waals surface area contributed by atoms with E-state index in [1.807, 2.05) is 29.2 Å². The molecule has 0 unspecified atom stereocenters. The lowest BCUT2D eigenvalue weighted by Gasteiger charge is -2.15. The molecule has 1 fully saturated rings. The average Bonchev–Trinajstić information content (AvgIpc) is 3.09. The highest BCUT2D eigenvalue weighted by atomic mass is 16.3. The molecule has 0 atom stereocenters. The summed E-state index contributed by atoms with van der Waals surface area (Å²) in [7, 11) is 0. The first-order valence-corrected chi connectivity index (χ1v) is 8.21. The second kappa shape index (κ2) is 9.15. The van der Waals surface area contributed by atoms with Crippen molar-refractivity contribution in [1.29, 1.82) is 0 Å². The van der Waals surface area contributed by atoms with E-state index in [1.165, 1.54) is 0 Å². The molecule has 6 nitrogen and oxygen atoms in total. The Balaban J connectivity index is 1.73. The molecule has 0 aromatic heterocycles. The molecular formula is C17H25N3O3. The van der Waals surface area contributed by atoms with Gasteiger partial charge in [-0.1, -0.05) is 12.1 Å². The fourth-order valence-electron chi connectivity index (χ4n) is 2.59. The highest BCUT2D eigenvalue weighted by Gasteiger charge is 2.17. The number of aryl methyl sites for hydroxylation is 1. The van der Waals surface area contributed by atoms with Gasteiger partial charge in [-0.3, -0.25) is 4.79 Å². The third-order valence-corrected chi connectivity index (χ3v) is 3.92. The minimum Gasteiger partial charge on any atom is -0.396 e. The lowest BCUT2D eigenvalue weighted by molar-refractivity contribution is -0.130. The van der Waals surface area contributed by atoms with E-state index in [2.05, 4.69) is 10.6 Å². The number of hydrogen-bond donors (Lipinski definition) is 3. The van der Waals surface area contributed by atoms with Gasteiger partial charge < -0.3 is 20.6 Å². The predicted molar refractivity (Wildman–Crippen MR) is 89.3 cm³/mol. The number of rotatable bonds is 7. The maximum atomic E-state index is 12.0. The number of anilines is 1.